The molecule has 0 heterocycles. The quantitative estimate of drug-likeness (QED) is 0.565. The second-order valence-electron chi connectivity index (χ2n) is 2.05. The van der Waals surface area contributed by atoms with Crippen LogP contribution >= 0.6 is 0 Å². The van der Waals surface area contributed by atoms with Crippen LogP contribution < -0.4 is 0 Å². The molecule has 0 amide bonds. The summed E-state index contributed by atoms with van der Waals surface area (Å²) >= 11 is 0. The largest absolute Gasteiger partial charge is 0.459 e. The van der Waals surface area contributed by atoms with Gasteiger partial charge in [0.2, 0.25) is 0 Å². The number of halogens is 3. The van der Waals surface area contributed by atoms with Gasteiger partial charge in [0.1, 0.15) is 0 Å². The fourth-order valence-corrected chi connectivity index (χ4v) is 0.734. The average molecular weight is 155 g/mol. The lowest BCUT2D eigenvalue weighted by Crippen LogP contribution is -2.38. The van der Waals surface area contributed by atoms with Gasteiger partial charge in [-0.15, -0.1) is 0 Å². The summed E-state index contributed by atoms with van der Waals surface area (Å²) in [5.74, 6) is 0. The Morgan fingerprint density at radius 2 is 1.70 bits per heavy atom. The molecule has 0 saturated carbocycles. The van der Waals surface area contributed by atoms with Crippen molar-refractivity contribution in [1.29, 1.82) is 0 Å². The van der Waals surface area contributed by atoms with Gasteiger partial charge in [0.25, 0.3) is 0 Å². The minimum Gasteiger partial charge on any atom is -0.215 e. The van der Waals surface area contributed by atoms with Gasteiger partial charge in [-0.1, -0.05) is 13.8 Å². The van der Waals surface area contributed by atoms with Crippen LogP contribution in [0.5, 0.6) is 0 Å². The molecule has 0 bridgehead atoms. The molecule has 0 aliphatic carbocycles. The van der Waals surface area contributed by atoms with Crippen LogP contribution in [-0.4, -0.2) is 24.3 Å². The molecule has 0 aromatic rings. The Morgan fingerprint density at radius 1 is 1.20 bits per heavy atom. The summed E-state index contributed by atoms with van der Waals surface area (Å²) in [7, 11) is 0. The second-order valence-corrected chi connectivity index (χ2v) is 2.05. The van der Waals surface area contributed by atoms with E-state index in [-0.39, 0.29) is 13.1 Å². The lowest BCUT2D eigenvalue weighted by Gasteiger charge is -2.21. The highest BCUT2D eigenvalue weighted by molar-refractivity contribution is 4.55. The maximum absolute atomic E-state index is 11.8. The van der Waals surface area contributed by atoms with E-state index >= 15 is 0 Å². The van der Waals surface area contributed by atoms with E-state index in [1.165, 1.54) is 6.92 Å². The predicted octanol–water partition coefficient (Wildman–Crippen LogP) is 2.24. The van der Waals surface area contributed by atoms with Gasteiger partial charge in [0.15, 0.2) is 0 Å². The van der Waals surface area contributed by atoms with Crippen molar-refractivity contribution in [3.63, 3.8) is 0 Å². The van der Waals surface area contributed by atoms with E-state index in [0.29, 0.717) is 11.3 Å². The van der Waals surface area contributed by atoms with Crippen LogP contribution in [0.15, 0.2) is 0 Å². The zero-order valence-electron chi connectivity index (χ0n) is 6.20. The normalized spacial score (nSPS) is 12.6. The van der Waals surface area contributed by atoms with Gasteiger partial charge in [-0.05, 0) is 6.42 Å². The van der Waals surface area contributed by atoms with Gasteiger partial charge in [-0.25, -0.2) is 4.90 Å². The molecule has 0 aliphatic rings. The first-order valence-corrected chi connectivity index (χ1v) is 3.34. The van der Waals surface area contributed by atoms with Crippen molar-refractivity contribution in [2.45, 2.75) is 26.6 Å². The van der Waals surface area contributed by atoms with E-state index in [9.17, 15) is 13.2 Å². The van der Waals surface area contributed by atoms with Crippen LogP contribution in [0.1, 0.15) is 20.3 Å². The smallest absolute Gasteiger partial charge is 0.215 e. The third-order valence-corrected chi connectivity index (χ3v) is 1.23. The van der Waals surface area contributed by atoms with Crippen molar-refractivity contribution in [3.05, 3.63) is 0 Å². The van der Waals surface area contributed by atoms with Gasteiger partial charge in [-0.3, -0.25) is 0 Å². The summed E-state index contributed by atoms with van der Waals surface area (Å²) in [5, 5.41) is 0. The highest BCUT2D eigenvalue weighted by Crippen LogP contribution is 2.20. The van der Waals surface area contributed by atoms with Crippen molar-refractivity contribution >= 4 is 0 Å². The van der Waals surface area contributed by atoms with Crippen LogP contribution in [0, 0.1) is 0 Å². The molecule has 0 unspecified atom stereocenters. The molecule has 0 spiro atoms. The Kier molecular flexibility index (Phi) is 3.71. The maximum atomic E-state index is 11.8. The Hall–Kier alpha value is -0.250. The second kappa shape index (κ2) is 3.81. The van der Waals surface area contributed by atoms with Crippen molar-refractivity contribution in [3.8, 4) is 0 Å². The third kappa shape index (κ3) is 3.06. The van der Waals surface area contributed by atoms with Gasteiger partial charge < -0.3 is 0 Å². The fourth-order valence-electron chi connectivity index (χ4n) is 0.734. The summed E-state index contributed by atoms with van der Waals surface area (Å²) in [5.41, 5.74) is 0. The zero-order chi connectivity index (χ0) is 8.20. The van der Waals surface area contributed by atoms with Gasteiger partial charge in [0.05, 0.1) is 0 Å². The highest BCUT2D eigenvalue weighted by Gasteiger charge is 2.34. The Bertz CT molecular complexity index is 89.5. The number of alkyl halides is 3. The van der Waals surface area contributed by atoms with Crippen molar-refractivity contribution < 1.29 is 13.2 Å². The first-order chi connectivity index (χ1) is 4.52. The van der Waals surface area contributed by atoms with Crippen molar-refractivity contribution in [2.75, 3.05) is 13.1 Å². The molecule has 62 valence electrons. The van der Waals surface area contributed by atoms with E-state index in [4.69, 9.17) is 0 Å². The number of rotatable bonds is 3. The fraction of sp³-hybridized carbons (Fsp3) is 1.00. The Morgan fingerprint density at radius 3 is 1.80 bits per heavy atom. The van der Waals surface area contributed by atoms with Gasteiger partial charge in [0, 0.05) is 13.1 Å². The molecule has 0 radical (unpaired) electrons. The Balaban J connectivity index is 3.81. The molecular formula is C6H12F3N. The molecular weight excluding hydrogens is 143 g/mol. The third-order valence-electron chi connectivity index (χ3n) is 1.23. The van der Waals surface area contributed by atoms with E-state index in [0.717, 1.165) is 0 Å². The molecule has 0 aliphatic heterocycles. The number of hydrogen-bond donors (Lipinski definition) is 0. The van der Waals surface area contributed by atoms with E-state index in [1.807, 2.05) is 0 Å². The van der Waals surface area contributed by atoms with Gasteiger partial charge in [-0.2, -0.15) is 13.2 Å². The van der Waals surface area contributed by atoms with Crippen molar-refractivity contribution in [1.82, 2.24) is 4.90 Å². The summed E-state index contributed by atoms with van der Waals surface area (Å²) in [4.78, 5) is 0.493. The predicted molar refractivity (Wildman–Crippen MR) is 33.6 cm³/mol. The first kappa shape index (κ1) is 9.75. The molecule has 4 heteroatoms. The van der Waals surface area contributed by atoms with E-state index in [2.05, 4.69) is 0 Å². The highest BCUT2D eigenvalue weighted by atomic mass is 19.4. The Labute approximate surface area is 58.8 Å². The molecule has 0 aromatic carbocycles. The molecule has 0 N–H and O–H groups in total. The SMILES string of the molecule is CCCN(CC)C(F)(F)F. The minimum absolute atomic E-state index is 0.0390. The van der Waals surface area contributed by atoms with E-state index in [1.54, 1.807) is 6.92 Å². The van der Waals surface area contributed by atoms with Crippen molar-refractivity contribution in [2.24, 2.45) is 0 Å². The molecule has 0 fully saturated rings. The molecule has 1 nitrogen and oxygen atoms in total. The summed E-state index contributed by atoms with van der Waals surface area (Å²) in [6.07, 6.45) is -3.61. The summed E-state index contributed by atoms with van der Waals surface area (Å²) in [6, 6.07) is 0. The van der Waals surface area contributed by atoms with E-state index < -0.39 is 6.30 Å². The zero-order valence-corrected chi connectivity index (χ0v) is 6.20. The number of nitrogens with zero attached hydrogens (tertiary/aromatic N) is 1. The molecule has 0 rings (SSSR count). The molecule has 0 aromatic heterocycles. The summed E-state index contributed by atoms with van der Waals surface area (Å²) < 4.78 is 35.5. The van der Waals surface area contributed by atoms with Crippen LogP contribution in [0.3, 0.4) is 0 Å². The maximum Gasteiger partial charge on any atom is 0.459 e. The first-order valence-electron chi connectivity index (χ1n) is 3.34. The van der Waals surface area contributed by atoms with Crippen LogP contribution in [0.2, 0.25) is 0 Å². The average Bonchev–Trinajstić information content (AvgIpc) is 1.80. The van der Waals surface area contributed by atoms with Crippen LogP contribution in [0.4, 0.5) is 13.2 Å². The standard InChI is InChI=1S/C6H12F3N/c1-3-5-10(4-2)6(7,8)9/h3-5H2,1-2H3. The molecule has 0 atom stereocenters. The van der Waals surface area contributed by atoms with Gasteiger partial charge >= 0.3 is 6.30 Å². The summed E-state index contributed by atoms with van der Waals surface area (Å²) in [6.45, 7) is 3.37. The monoisotopic (exact) mass is 155 g/mol. The minimum atomic E-state index is -4.15. The lowest BCUT2D eigenvalue weighted by molar-refractivity contribution is -0.243. The number of hydrogen-bond acceptors (Lipinski definition) is 1. The van der Waals surface area contributed by atoms with Crippen LogP contribution in [-0.2, 0) is 0 Å². The molecule has 0 saturated heterocycles. The van der Waals surface area contributed by atoms with Crippen LogP contribution in [0.25, 0.3) is 0 Å². The topological polar surface area (TPSA) is 3.24 Å². The lowest BCUT2D eigenvalue weighted by atomic mass is 10.4. The molecule has 10 heavy (non-hydrogen) atoms.